The number of hydrogen-bond donors (Lipinski definition) is 1. The Hall–Kier alpha value is -2.23. The summed E-state index contributed by atoms with van der Waals surface area (Å²) in [5.74, 6) is 3.41. The Kier molecular flexibility index (Phi) is 5.12. The Morgan fingerprint density at radius 3 is 2.33 bits per heavy atom. The van der Waals surface area contributed by atoms with Gasteiger partial charge < -0.3 is 5.32 Å². The summed E-state index contributed by atoms with van der Waals surface area (Å²) in [7, 11) is 0. The Morgan fingerprint density at radius 1 is 1.10 bits per heavy atom. The predicted octanol–water partition coefficient (Wildman–Crippen LogP) is 5.89. The van der Waals surface area contributed by atoms with Crippen LogP contribution in [-0.2, 0) is 11.2 Å². The highest BCUT2D eigenvalue weighted by Crippen LogP contribution is 2.61. The zero-order valence-corrected chi connectivity index (χ0v) is 18.2. The van der Waals surface area contributed by atoms with E-state index in [1.165, 1.54) is 38.5 Å². The van der Waals surface area contributed by atoms with Crippen molar-refractivity contribution in [2.75, 3.05) is 5.32 Å². The lowest BCUT2D eigenvalue weighted by Gasteiger charge is -2.57. The fourth-order valence-corrected chi connectivity index (χ4v) is 6.69. The molecule has 4 fully saturated rings. The van der Waals surface area contributed by atoms with Crippen LogP contribution in [0.5, 0.6) is 0 Å². The smallest absolute Gasteiger partial charge is 0.228 e. The summed E-state index contributed by atoms with van der Waals surface area (Å²) in [5, 5.41) is 3.11. The second-order valence-electron chi connectivity index (χ2n) is 10.3. The van der Waals surface area contributed by atoms with Gasteiger partial charge in [-0.05, 0) is 74.5 Å². The van der Waals surface area contributed by atoms with Crippen molar-refractivity contribution in [3.8, 4) is 11.3 Å². The molecule has 1 aromatic heterocycles. The summed E-state index contributed by atoms with van der Waals surface area (Å²) in [6.45, 7) is 4.02. The average Bonchev–Trinajstić information content (AvgIpc) is 2.73. The fourth-order valence-electron chi connectivity index (χ4n) is 6.69. The maximum Gasteiger partial charge on any atom is 0.228 e. The number of carbonyl (C=O) groups excluding carboxylic acids is 1. The summed E-state index contributed by atoms with van der Waals surface area (Å²) in [4.78, 5) is 22.4. The van der Waals surface area contributed by atoms with Crippen LogP contribution in [0, 0.1) is 29.1 Å². The van der Waals surface area contributed by atoms with Crippen LogP contribution in [0.4, 0.5) is 5.82 Å². The molecular formula is C26H33N3O. The standard InChI is InChI=1S/C26H33N3O/c1-3-17(2)25(30)29-24-22(28-23(16-27-24)21-7-5-4-6-8-21)15-26-12-18-9-19(13-26)11-20(10-18)14-26/h4-8,16-20H,3,9-15H2,1-2H3,(H,27,29,30). The number of anilines is 1. The van der Waals surface area contributed by atoms with Crippen molar-refractivity contribution >= 4 is 11.7 Å². The van der Waals surface area contributed by atoms with Gasteiger partial charge in [0.15, 0.2) is 5.82 Å². The molecule has 4 heteroatoms. The van der Waals surface area contributed by atoms with E-state index in [-0.39, 0.29) is 11.8 Å². The van der Waals surface area contributed by atoms with E-state index in [9.17, 15) is 4.79 Å². The fraction of sp³-hybridized carbons (Fsp3) is 0.577. The topological polar surface area (TPSA) is 54.9 Å². The number of rotatable bonds is 6. The van der Waals surface area contributed by atoms with Gasteiger partial charge in [0.1, 0.15) is 0 Å². The van der Waals surface area contributed by atoms with Gasteiger partial charge in [0, 0.05) is 11.5 Å². The zero-order chi connectivity index (χ0) is 20.7. The van der Waals surface area contributed by atoms with Gasteiger partial charge >= 0.3 is 0 Å². The van der Waals surface area contributed by atoms with Crippen LogP contribution in [-0.4, -0.2) is 15.9 Å². The van der Waals surface area contributed by atoms with E-state index < -0.39 is 0 Å². The van der Waals surface area contributed by atoms with Gasteiger partial charge in [-0.25, -0.2) is 9.97 Å². The normalized spacial score (nSPS) is 30.3. The zero-order valence-electron chi connectivity index (χ0n) is 18.2. The molecule has 0 aliphatic heterocycles. The molecule has 1 unspecified atom stereocenters. The number of aromatic nitrogens is 2. The maximum absolute atomic E-state index is 12.6. The lowest BCUT2D eigenvalue weighted by molar-refractivity contribution is -0.119. The number of amides is 1. The summed E-state index contributed by atoms with van der Waals surface area (Å²) < 4.78 is 0. The SMILES string of the molecule is CCC(C)C(=O)Nc1ncc(-c2ccccc2)nc1CC12CC3CC(CC(C3)C1)C2. The number of nitrogens with one attached hydrogen (secondary N) is 1. The molecule has 4 nitrogen and oxygen atoms in total. The van der Waals surface area contributed by atoms with Crippen molar-refractivity contribution in [3.05, 3.63) is 42.2 Å². The van der Waals surface area contributed by atoms with E-state index in [2.05, 4.69) is 17.4 Å². The Bertz CT molecular complexity index is 888. The molecular weight excluding hydrogens is 370 g/mol. The minimum Gasteiger partial charge on any atom is -0.309 e. The summed E-state index contributed by atoms with van der Waals surface area (Å²) >= 11 is 0. The minimum atomic E-state index is -0.0204. The highest BCUT2D eigenvalue weighted by molar-refractivity contribution is 5.92. The van der Waals surface area contributed by atoms with Crippen LogP contribution in [0.2, 0.25) is 0 Å². The number of carbonyl (C=O) groups is 1. The van der Waals surface area contributed by atoms with E-state index in [0.717, 1.165) is 47.5 Å². The van der Waals surface area contributed by atoms with Crippen molar-refractivity contribution in [2.24, 2.45) is 29.1 Å². The van der Waals surface area contributed by atoms with Crippen LogP contribution in [0.3, 0.4) is 0 Å². The van der Waals surface area contributed by atoms with E-state index >= 15 is 0 Å². The highest BCUT2D eigenvalue weighted by Gasteiger charge is 2.51. The first-order valence-corrected chi connectivity index (χ1v) is 11.8. The minimum absolute atomic E-state index is 0.0204. The molecule has 4 bridgehead atoms. The van der Waals surface area contributed by atoms with Gasteiger partial charge in [-0.2, -0.15) is 0 Å². The summed E-state index contributed by atoms with van der Waals surface area (Å²) in [6.07, 6.45) is 11.9. The van der Waals surface area contributed by atoms with E-state index in [1.807, 2.05) is 38.2 Å². The average molecular weight is 404 g/mol. The van der Waals surface area contributed by atoms with Crippen LogP contribution in [0.25, 0.3) is 11.3 Å². The third kappa shape index (κ3) is 3.77. The van der Waals surface area contributed by atoms with E-state index in [1.54, 1.807) is 0 Å². The maximum atomic E-state index is 12.6. The number of hydrogen-bond acceptors (Lipinski definition) is 3. The van der Waals surface area contributed by atoms with Gasteiger partial charge in [0.2, 0.25) is 5.91 Å². The number of nitrogens with zero attached hydrogens (tertiary/aromatic N) is 2. The van der Waals surface area contributed by atoms with Gasteiger partial charge in [-0.15, -0.1) is 0 Å². The van der Waals surface area contributed by atoms with Gasteiger partial charge in [0.05, 0.1) is 17.6 Å². The molecule has 1 aromatic carbocycles. The Morgan fingerprint density at radius 2 is 1.73 bits per heavy atom. The van der Waals surface area contributed by atoms with Crippen molar-refractivity contribution < 1.29 is 4.79 Å². The Labute approximate surface area is 179 Å². The van der Waals surface area contributed by atoms with Crippen molar-refractivity contribution in [1.82, 2.24) is 9.97 Å². The lowest BCUT2D eigenvalue weighted by Crippen LogP contribution is -2.47. The largest absolute Gasteiger partial charge is 0.309 e. The molecule has 4 aliphatic rings. The van der Waals surface area contributed by atoms with Crippen molar-refractivity contribution in [2.45, 2.75) is 65.2 Å². The highest BCUT2D eigenvalue weighted by atomic mass is 16.1. The molecule has 1 amide bonds. The number of benzene rings is 1. The molecule has 2 aromatic rings. The third-order valence-electron chi connectivity index (χ3n) is 7.92. The first-order valence-electron chi connectivity index (χ1n) is 11.8. The molecule has 0 spiro atoms. The second-order valence-corrected chi connectivity index (χ2v) is 10.3. The van der Waals surface area contributed by atoms with Gasteiger partial charge in [-0.3, -0.25) is 4.79 Å². The second kappa shape index (κ2) is 7.79. The van der Waals surface area contributed by atoms with E-state index in [4.69, 9.17) is 9.97 Å². The van der Waals surface area contributed by atoms with Gasteiger partial charge in [-0.1, -0.05) is 44.2 Å². The predicted molar refractivity (Wildman–Crippen MR) is 120 cm³/mol. The van der Waals surface area contributed by atoms with Crippen LogP contribution < -0.4 is 5.32 Å². The van der Waals surface area contributed by atoms with Crippen LogP contribution >= 0.6 is 0 Å². The molecule has 30 heavy (non-hydrogen) atoms. The van der Waals surface area contributed by atoms with Crippen LogP contribution in [0.15, 0.2) is 36.5 Å². The van der Waals surface area contributed by atoms with Crippen LogP contribution in [0.1, 0.15) is 64.5 Å². The molecule has 1 N–H and O–H groups in total. The molecule has 4 aliphatic carbocycles. The molecule has 158 valence electrons. The summed E-state index contributed by atoms with van der Waals surface area (Å²) in [5.41, 5.74) is 3.32. The molecule has 1 atom stereocenters. The van der Waals surface area contributed by atoms with Crippen molar-refractivity contribution in [1.29, 1.82) is 0 Å². The van der Waals surface area contributed by atoms with Gasteiger partial charge in [0.25, 0.3) is 0 Å². The molecule has 0 saturated heterocycles. The molecule has 4 saturated carbocycles. The molecule has 6 rings (SSSR count). The molecule has 0 radical (unpaired) electrons. The lowest BCUT2D eigenvalue weighted by atomic mass is 9.48. The quantitative estimate of drug-likeness (QED) is 0.654. The monoisotopic (exact) mass is 403 g/mol. The first kappa shape index (κ1) is 19.7. The third-order valence-corrected chi connectivity index (χ3v) is 7.92. The summed E-state index contributed by atoms with van der Waals surface area (Å²) in [6, 6.07) is 10.3. The first-order chi connectivity index (χ1) is 14.5. The molecule has 1 heterocycles. The van der Waals surface area contributed by atoms with E-state index in [0.29, 0.717) is 11.2 Å². The van der Waals surface area contributed by atoms with Crippen molar-refractivity contribution in [3.63, 3.8) is 0 Å². The Balaban J connectivity index is 1.48.